The molecule has 1 aromatic carbocycles. The van der Waals surface area contributed by atoms with Gasteiger partial charge < -0.3 is 9.32 Å². The number of furan rings is 1. The number of carbonyl (C=O) groups is 3. The number of rotatable bonds is 5. The van der Waals surface area contributed by atoms with E-state index in [2.05, 4.69) is 5.32 Å². The molecule has 3 rings (SSSR count). The first-order valence-corrected chi connectivity index (χ1v) is 9.26. The van der Waals surface area contributed by atoms with E-state index in [9.17, 15) is 14.4 Å². The van der Waals surface area contributed by atoms with Crippen LogP contribution in [0.2, 0.25) is 5.02 Å². The van der Waals surface area contributed by atoms with E-state index in [0.717, 1.165) is 18.0 Å². The number of benzene rings is 1. The second-order valence-electron chi connectivity index (χ2n) is 6.19. The molecule has 1 aliphatic rings. The molecule has 0 spiro atoms. The van der Waals surface area contributed by atoms with Crippen molar-refractivity contribution < 1.29 is 18.8 Å². The van der Waals surface area contributed by atoms with Gasteiger partial charge in [-0.15, -0.1) is 0 Å². The van der Waals surface area contributed by atoms with Crippen LogP contribution in [0.5, 0.6) is 0 Å². The first-order valence-electron chi connectivity index (χ1n) is 8.88. The lowest BCUT2D eigenvalue weighted by molar-refractivity contribution is -0.122. The van der Waals surface area contributed by atoms with Crippen molar-refractivity contribution >= 4 is 47.1 Å². The number of carbonyl (C=O) groups excluding carboxylic acids is 3. The van der Waals surface area contributed by atoms with Crippen LogP contribution in [-0.4, -0.2) is 30.9 Å². The highest BCUT2D eigenvalue weighted by molar-refractivity contribution is 6.39. The van der Waals surface area contributed by atoms with Gasteiger partial charge in [-0.25, -0.2) is 9.69 Å². The summed E-state index contributed by atoms with van der Waals surface area (Å²) in [6, 6.07) is 7.51. The summed E-state index contributed by atoms with van der Waals surface area (Å²) < 4.78 is 5.73. The third-order valence-corrected chi connectivity index (χ3v) is 4.97. The maximum atomic E-state index is 12.9. The maximum Gasteiger partial charge on any atom is 0.335 e. The summed E-state index contributed by atoms with van der Waals surface area (Å²) >= 11 is 6.11. The number of imide groups is 2. The zero-order valence-electron chi connectivity index (χ0n) is 15.8. The molecule has 2 heterocycles. The van der Waals surface area contributed by atoms with E-state index >= 15 is 0 Å². The number of amides is 4. The first-order chi connectivity index (χ1) is 13.4. The standard InChI is InChI=1S/C20H20ClN3O4/c1-4-23(5-2)17-10-9-13(28-17)11-14-18(25)22-20(27)24(19(14)26)16-8-6-7-15(21)12(16)3/h6-11H,4-5H2,1-3H3,(H,22,25,27)/b14-11+. The Balaban J connectivity index is 1.98. The van der Waals surface area contributed by atoms with Gasteiger partial charge >= 0.3 is 6.03 Å². The minimum Gasteiger partial charge on any atom is -0.441 e. The SMILES string of the molecule is CCN(CC)c1ccc(/C=C2\C(=O)NC(=O)N(c3cccc(Cl)c3C)C2=O)o1. The van der Waals surface area contributed by atoms with Crippen LogP contribution < -0.4 is 15.1 Å². The van der Waals surface area contributed by atoms with E-state index in [-0.39, 0.29) is 5.57 Å². The van der Waals surface area contributed by atoms with Gasteiger partial charge in [0, 0.05) is 24.2 Å². The van der Waals surface area contributed by atoms with Crippen molar-refractivity contribution in [1.82, 2.24) is 5.32 Å². The number of anilines is 2. The van der Waals surface area contributed by atoms with Gasteiger partial charge in [0.1, 0.15) is 11.3 Å². The number of nitrogens with one attached hydrogen (secondary N) is 1. The Kier molecular flexibility index (Phi) is 5.56. The van der Waals surface area contributed by atoms with E-state index in [1.807, 2.05) is 18.7 Å². The van der Waals surface area contributed by atoms with Crippen LogP contribution >= 0.6 is 11.6 Å². The van der Waals surface area contributed by atoms with Crippen molar-refractivity contribution in [2.24, 2.45) is 0 Å². The third-order valence-electron chi connectivity index (χ3n) is 4.56. The van der Waals surface area contributed by atoms with Gasteiger partial charge in [-0.2, -0.15) is 0 Å². The number of nitrogens with zero attached hydrogens (tertiary/aromatic N) is 2. The highest BCUT2D eigenvalue weighted by Crippen LogP contribution is 2.30. The average Bonchev–Trinajstić information content (AvgIpc) is 3.11. The molecular formula is C20H20ClN3O4. The van der Waals surface area contributed by atoms with Crippen LogP contribution in [0.15, 0.2) is 40.3 Å². The summed E-state index contributed by atoms with van der Waals surface area (Å²) in [5.74, 6) is -0.525. The van der Waals surface area contributed by atoms with E-state index in [4.69, 9.17) is 16.0 Å². The Labute approximate surface area is 167 Å². The molecule has 0 atom stereocenters. The fourth-order valence-corrected chi connectivity index (χ4v) is 3.15. The molecular weight excluding hydrogens is 382 g/mol. The van der Waals surface area contributed by atoms with E-state index in [1.54, 1.807) is 37.3 Å². The predicted molar refractivity (Wildman–Crippen MR) is 107 cm³/mol. The Hall–Kier alpha value is -3.06. The highest BCUT2D eigenvalue weighted by Gasteiger charge is 2.37. The predicted octanol–water partition coefficient (Wildman–Crippen LogP) is 3.75. The lowest BCUT2D eigenvalue weighted by Crippen LogP contribution is -2.54. The third kappa shape index (κ3) is 3.53. The number of urea groups is 1. The minimum absolute atomic E-state index is 0.195. The number of barbiturate groups is 1. The van der Waals surface area contributed by atoms with Crippen molar-refractivity contribution in [3.05, 3.63) is 52.3 Å². The van der Waals surface area contributed by atoms with E-state index < -0.39 is 17.8 Å². The van der Waals surface area contributed by atoms with Crippen LogP contribution in [0.1, 0.15) is 25.2 Å². The molecule has 1 fully saturated rings. The second kappa shape index (κ2) is 7.90. The van der Waals surface area contributed by atoms with Crippen LogP contribution in [0.25, 0.3) is 6.08 Å². The molecule has 0 bridgehead atoms. The molecule has 0 radical (unpaired) electrons. The van der Waals surface area contributed by atoms with Gasteiger partial charge in [-0.3, -0.25) is 14.9 Å². The summed E-state index contributed by atoms with van der Waals surface area (Å²) in [6.07, 6.45) is 1.34. The molecule has 2 aromatic rings. The van der Waals surface area contributed by atoms with Crippen molar-refractivity contribution in [3.8, 4) is 0 Å². The molecule has 0 saturated carbocycles. The molecule has 1 aliphatic heterocycles. The maximum absolute atomic E-state index is 12.9. The summed E-state index contributed by atoms with van der Waals surface area (Å²) in [6.45, 7) is 7.21. The number of halogens is 1. The van der Waals surface area contributed by atoms with Crippen LogP contribution in [0.3, 0.4) is 0 Å². The monoisotopic (exact) mass is 401 g/mol. The Morgan fingerprint density at radius 2 is 1.86 bits per heavy atom. The van der Waals surface area contributed by atoms with E-state index in [1.165, 1.54) is 6.08 Å². The zero-order chi connectivity index (χ0) is 20.4. The van der Waals surface area contributed by atoms with Crippen molar-refractivity contribution in [2.75, 3.05) is 22.9 Å². The number of hydrogen-bond donors (Lipinski definition) is 1. The van der Waals surface area contributed by atoms with Gasteiger partial charge in [0.05, 0.1) is 5.69 Å². The molecule has 0 unspecified atom stereocenters. The molecule has 7 nitrogen and oxygen atoms in total. The largest absolute Gasteiger partial charge is 0.441 e. The molecule has 1 N–H and O–H groups in total. The molecule has 146 valence electrons. The Morgan fingerprint density at radius 1 is 1.14 bits per heavy atom. The van der Waals surface area contributed by atoms with Crippen LogP contribution in [0.4, 0.5) is 16.4 Å². The lowest BCUT2D eigenvalue weighted by atomic mass is 10.1. The van der Waals surface area contributed by atoms with Gasteiger partial charge in [0.15, 0.2) is 5.88 Å². The average molecular weight is 402 g/mol. The van der Waals surface area contributed by atoms with Gasteiger partial charge in [0.25, 0.3) is 11.8 Å². The van der Waals surface area contributed by atoms with E-state index in [0.29, 0.717) is 27.9 Å². The topological polar surface area (TPSA) is 82.9 Å². The van der Waals surface area contributed by atoms with Crippen molar-refractivity contribution in [3.63, 3.8) is 0 Å². The minimum atomic E-state index is -0.819. The smallest absolute Gasteiger partial charge is 0.335 e. The lowest BCUT2D eigenvalue weighted by Gasteiger charge is -2.27. The van der Waals surface area contributed by atoms with Crippen molar-refractivity contribution in [2.45, 2.75) is 20.8 Å². The summed E-state index contributed by atoms with van der Waals surface area (Å²) in [4.78, 5) is 40.4. The molecule has 4 amide bonds. The summed E-state index contributed by atoms with van der Waals surface area (Å²) in [5.41, 5.74) is 0.680. The summed E-state index contributed by atoms with van der Waals surface area (Å²) in [7, 11) is 0. The van der Waals surface area contributed by atoms with Gasteiger partial charge in [-0.1, -0.05) is 17.7 Å². The van der Waals surface area contributed by atoms with Crippen LogP contribution in [0, 0.1) is 6.92 Å². The Morgan fingerprint density at radius 3 is 2.54 bits per heavy atom. The van der Waals surface area contributed by atoms with Crippen molar-refractivity contribution in [1.29, 1.82) is 0 Å². The van der Waals surface area contributed by atoms with Gasteiger partial charge in [-0.05, 0) is 50.6 Å². The fraction of sp³-hybridized carbons (Fsp3) is 0.250. The Bertz CT molecular complexity index is 976. The molecule has 1 saturated heterocycles. The molecule has 1 aromatic heterocycles. The van der Waals surface area contributed by atoms with Crippen LogP contribution in [-0.2, 0) is 9.59 Å². The van der Waals surface area contributed by atoms with Gasteiger partial charge in [0.2, 0.25) is 0 Å². The normalized spacial score (nSPS) is 15.9. The highest BCUT2D eigenvalue weighted by atomic mass is 35.5. The molecule has 8 heteroatoms. The summed E-state index contributed by atoms with van der Waals surface area (Å²) in [5, 5.41) is 2.60. The number of hydrogen-bond acceptors (Lipinski definition) is 5. The first kappa shape index (κ1) is 19.7. The molecule has 0 aliphatic carbocycles. The molecule has 28 heavy (non-hydrogen) atoms. The fourth-order valence-electron chi connectivity index (χ4n) is 2.98. The quantitative estimate of drug-likeness (QED) is 0.609. The zero-order valence-corrected chi connectivity index (χ0v) is 16.5. The second-order valence-corrected chi connectivity index (χ2v) is 6.60.